The number of carbonyl (C=O) groups is 2. The topological polar surface area (TPSA) is 61.4 Å². The summed E-state index contributed by atoms with van der Waals surface area (Å²) in [5.74, 6) is -0.0756. The quantitative estimate of drug-likeness (QED) is 0.823. The van der Waals surface area contributed by atoms with Crippen LogP contribution in [-0.2, 0) is 4.79 Å². The van der Waals surface area contributed by atoms with Crippen molar-refractivity contribution in [2.24, 2.45) is 0 Å². The van der Waals surface area contributed by atoms with Crippen molar-refractivity contribution >= 4 is 17.9 Å². The third-order valence-corrected chi connectivity index (χ3v) is 3.96. The number of hydrogen-bond donors (Lipinski definition) is 2. The first kappa shape index (κ1) is 16.2. The first-order valence-electron chi connectivity index (χ1n) is 7.60. The fourth-order valence-corrected chi connectivity index (χ4v) is 2.58. The SMILES string of the molecule is CNC(=O)c1ccc(/C=C/C(=O)N2CCCC(NC)C2)cc1. The van der Waals surface area contributed by atoms with Crippen molar-refractivity contribution in [3.63, 3.8) is 0 Å². The lowest BCUT2D eigenvalue weighted by Crippen LogP contribution is -2.46. The zero-order chi connectivity index (χ0) is 15.9. The Balaban J connectivity index is 1.96. The number of rotatable bonds is 4. The summed E-state index contributed by atoms with van der Waals surface area (Å²) in [5, 5.41) is 5.81. The van der Waals surface area contributed by atoms with Crippen LogP contribution in [-0.4, -0.2) is 49.9 Å². The Labute approximate surface area is 131 Å². The minimum Gasteiger partial charge on any atom is -0.355 e. The molecule has 5 heteroatoms. The molecule has 1 unspecified atom stereocenters. The Morgan fingerprint density at radius 2 is 1.95 bits per heavy atom. The van der Waals surface area contributed by atoms with Crippen LogP contribution >= 0.6 is 0 Å². The van der Waals surface area contributed by atoms with E-state index >= 15 is 0 Å². The molecular formula is C17H23N3O2. The van der Waals surface area contributed by atoms with Crippen LogP contribution in [0, 0.1) is 0 Å². The maximum Gasteiger partial charge on any atom is 0.251 e. The minimum absolute atomic E-state index is 0.0373. The molecule has 2 amide bonds. The van der Waals surface area contributed by atoms with Gasteiger partial charge in [-0.05, 0) is 43.7 Å². The fourth-order valence-electron chi connectivity index (χ4n) is 2.58. The van der Waals surface area contributed by atoms with Gasteiger partial charge in [-0.3, -0.25) is 9.59 Å². The van der Waals surface area contributed by atoms with Gasteiger partial charge in [-0.15, -0.1) is 0 Å². The summed E-state index contributed by atoms with van der Waals surface area (Å²) in [6, 6.07) is 7.56. The van der Waals surface area contributed by atoms with Gasteiger partial charge in [-0.2, -0.15) is 0 Å². The second-order valence-electron chi connectivity index (χ2n) is 5.45. The smallest absolute Gasteiger partial charge is 0.251 e. The molecule has 2 N–H and O–H groups in total. The van der Waals surface area contributed by atoms with Crippen molar-refractivity contribution in [1.29, 1.82) is 0 Å². The standard InChI is InChI=1S/C17H23N3O2/c1-18-15-4-3-11-20(12-15)16(21)10-7-13-5-8-14(9-6-13)17(22)19-2/h5-10,15,18H,3-4,11-12H2,1-2H3,(H,19,22)/b10-7+. The molecule has 0 spiro atoms. The Morgan fingerprint density at radius 3 is 2.59 bits per heavy atom. The number of nitrogens with one attached hydrogen (secondary N) is 2. The number of likely N-dealkylation sites (N-methyl/N-ethyl adjacent to an activating group) is 1. The van der Waals surface area contributed by atoms with Crippen molar-refractivity contribution in [3.05, 3.63) is 41.5 Å². The molecule has 0 bridgehead atoms. The number of carbonyl (C=O) groups excluding carboxylic acids is 2. The Bertz CT molecular complexity index is 552. The molecule has 5 nitrogen and oxygen atoms in total. The van der Waals surface area contributed by atoms with Crippen molar-refractivity contribution < 1.29 is 9.59 Å². The lowest BCUT2D eigenvalue weighted by atomic mass is 10.1. The van der Waals surface area contributed by atoms with Gasteiger partial charge >= 0.3 is 0 Å². The molecule has 1 fully saturated rings. The molecular weight excluding hydrogens is 278 g/mol. The first-order chi connectivity index (χ1) is 10.6. The van der Waals surface area contributed by atoms with Crippen LogP contribution in [0.1, 0.15) is 28.8 Å². The van der Waals surface area contributed by atoms with Crippen LogP contribution < -0.4 is 10.6 Å². The predicted molar refractivity (Wildman–Crippen MR) is 87.5 cm³/mol. The van der Waals surface area contributed by atoms with Crippen LogP contribution in [0.4, 0.5) is 0 Å². The molecule has 1 aromatic carbocycles. The molecule has 1 aromatic rings. The van der Waals surface area contributed by atoms with Crippen LogP contribution in [0.15, 0.2) is 30.3 Å². The summed E-state index contributed by atoms with van der Waals surface area (Å²) in [6.07, 6.45) is 5.54. The van der Waals surface area contributed by atoms with E-state index in [1.807, 2.05) is 24.1 Å². The molecule has 0 aliphatic carbocycles. The Hall–Kier alpha value is -2.14. The third kappa shape index (κ3) is 4.18. The minimum atomic E-state index is -0.113. The van der Waals surface area contributed by atoms with E-state index in [9.17, 15) is 9.59 Å². The number of likely N-dealkylation sites (tertiary alicyclic amines) is 1. The van der Waals surface area contributed by atoms with Gasteiger partial charge in [-0.1, -0.05) is 12.1 Å². The molecule has 1 saturated heterocycles. The molecule has 22 heavy (non-hydrogen) atoms. The van der Waals surface area contributed by atoms with E-state index in [2.05, 4.69) is 10.6 Å². The highest BCUT2D eigenvalue weighted by Gasteiger charge is 2.20. The maximum absolute atomic E-state index is 12.2. The van der Waals surface area contributed by atoms with Crippen LogP contribution in [0.25, 0.3) is 6.08 Å². The zero-order valence-corrected chi connectivity index (χ0v) is 13.1. The van der Waals surface area contributed by atoms with Gasteiger partial charge in [0.1, 0.15) is 0 Å². The number of benzene rings is 1. The first-order valence-corrected chi connectivity index (χ1v) is 7.60. The van der Waals surface area contributed by atoms with Gasteiger partial charge in [0.05, 0.1) is 0 Å². The molecule has 118 valence electrons. The number of hydrogen-bond acceptors (Lipinski definition) is 3. The Kier molecular flexibility index (Phi) is 5.72. The van der Waals surface area contributed by atoms with Gasteiger partial charge in [-0.25, -0.2) is 0 Å². The molecule has 0 saturated carbocycles. The van der Waals surface area contributed by atoms with E-state index in [0.717, 1.165) is 31.5 Å². The molecule has 2 rings (SSSR count). The normalized spacial score (nSPS) is 18.5. The molecule has 1 aliphatic heterocycles. The number of nitrogens with zero attached hydrogens (tertiary/aromatic N) is 1. The molecule has 1 aliphatic rings. The predicted octanol–water partition coefficient (Wildman–Crippen LogP) is 1.27. The van der Waals surface area contributed by atoms with Gasteiger partial charge in [0.2, 0.25) is 5.91 Å². The maximum atomic E-state index is 12.2. The van der Waals surface area contributed by atoms with Crippen molar-refractivity contribution in [1.82, 2.24) is 15.5 Å². The Morgan fingerprint density at radius 1 is 1.23 bits per heavy atom. The van der Waals surface area contributed by atoms with E-state index < -0.39 is 0 Å². The number of amides is 2. The fraction of sp³-hybridized carbons (Fsp3) is 0.412. The van der Waals surface area contributed by atoms with Gasteiger partial charge in [0.25, 0.3) is 5.91 Å². The van der Waals surface area contributed by atoms with Gasteiger partial charge in [0.15, 0.2) is 0 Å². The average molecular weight is 301 g/mol. The van der Waals surface area contributed by atoms with Crippen LogP contribution in [0.3, 0.4) is 0 Å². The average Bonchev–Trinajstić information content (AvgIpc) is 2.59. The van der Waals surface area contributed by atoms with Gasteiger partial charge in [0, 0.05) is 37.8 Å². The summed E-state index contributed by atoms with van der Waals surface area (Å²) in [7, 11) is 3.54. The largest absolute Gasteiger partial charge is 0.355 e. The summed E-state index contributed by atoms with van der Waals surface area (Å²) in [4.78, 5) is 25.5. The summed E-state index contributed by atoms with van der Waals surface area (Å²) in [6.45, 7) is 1.58. The van der Waals surface area contributed by atoms with E-state index in [1.54, 1.807) is 31.3 Å². The highest BCUT2D eigenvalue weighted by atomic mass is 16.2. The van der Waals surface area contributed by atoms with Crippen molar-refractivity contribution in [2.75, 3.05) is 27.2 Å². The van der Waals surface area contributed by atoms with Crippen LogP contribution in [0.5, 0.6) is 0 Å². The van der Waals surface area contributed by atoms with E-state index in [1.165, 1.54) is 0 Å². The van der Waals surface area contributed by atoms with Crippen LogP contribution in [0.2, 0.25) is 0 Å². The monoisotopic (exact) mass is 301 g/mol. The lowest BCUT2D eigenvalue weighted by Gasteiger charge is -2.31. The summed E-state index contributed by atoms with van der Waals surface area (Å²) >= 11 is 0. The molecule has 0 aromatic heterocycles. The molecule has 1 atom stereocenters. The molecule has 0 radical (unpaired) electrons. The summed E-state index contributed by atoms with van der Waals surface area (Å²) in [5.41, 5.74) is 1.52. The second-order valence-corrected chi connectivity index (χ2v) is 5.45. The van der Waals surface area contributed by atoms with E-state index in [-0.39, 0.29) is 11.8 Å². The third-order valence-electron chi connectivity index (χ3n) is 3.96. The molecule has 1 heterocycles. The lowest BCUT2D eigenvalue weighted by molar-refractivity contribution is -0.127. The van der Waals surface area contributed by atoms with E-state index in [0.29, 0.717) is 11.6 Å². The zero-order valence-electron chi connectivity index (χ0n) is 13.1. The van der Waals surface area contributed by atoms with Crippen molar-refractivity contribution in [2.45, 2.75) is 18.9 Å². The van der Waals surface area contributed by atoms with Gasteiger partial charge < -0.3 is 15.5 Å². The van der Waals surface area contributed by atoms with E-state index in [4.69, 9.17) is 0 Å². The highest BCUT2D eigenvalue weighted by Crippen LogP contribution is 2.11. The van der Waals surface area contributed by atoms with Crippen molar-refractivity contribution in [3.8, 4) is 0 Å². The number of piperidine rings is 1. The second kappa shape index (κ2) is 7.75. The summed E-state index contributed by atoms with van der Waals surface area (Å²) < 4.78 is 0. The highest BCUT2D eigenvalue weighted by molar-refractivity contribution is 5.94.